The van der Waals surface area contributed by atoms with Gasteiger partial charge in [-0.25, -0.2) is 14.4 Å². The number of piperidine rings is 1. The number of halogens is 1. The number of aromatic nitrogens is 2. The Labute approximate surface area is 153 Å². The molecule has 1 aliphatic heterocycles. The predicted molar refractivity (Wildman–Crippen MR) is 99.8 cm³/mol. The van der Waals surface area contributed by atoms with Crippen LogP contribution < -0.4 is 10.2 Å². The number of nitrogens with zero attached hydrogens (tertiary/aromatic N) is 3. The van der Waals surface area contributed by atoms with E-state index in [2.05, 4.69) is 27.1 Å². The predicted octanol–water partition coefficient (Wildman–Crippen LogP) is 3.13. The molecule has 0 saturated carbocycles. The van der Waals surface area contributed by atoms with Gasteiger partial charge in [0, 0.05) is 25.3 Å². The topological polar surface area (TPSA) is 58.1 Å². The van der Waals surface area contributed by atoms with E-state index in [1.54, 1.807) is 18.2 Å². The quantitative estimate of drug-likeness (QED) is 0.894. The van der Waals surface area contributed by atoms with E-state index in [9.17, 15) is 9.18 Å². The molecule has 2 heterocycles. The fourth-order valence-corrected chi connectivity index (χ4v) is 3.08. The number of rotatable bonds is 5. The number of amides is 1. The van der Waals surface area contributed by atoms with E-state index in [-0.39, 0.29) is 11.7 Å². The number of carbonyl (C=O) groups is 1. The Kier molecular flexibility index (Phi) is 5.81. The average molecular weight is 356 g/mol. The molecule has 0 radical (unpaired) electrons. The van der Waals surface area contributed by atoms with Crippen molar-refractivity contribution in [3.8, 4) is 0 Å². The minimum absolute atomic E-state index is 0.204. The second-order valence-electron chi connectivity index (χ2n) is 7.00. The molecular weight excluding hydrogens is 331 g/mol. The van der Waals surface area contributed by atoms with Gasteiger partial charge < -0.3 is 10.2 Å². The SMILES string of the molecule is Cc1cc(C(=O)NCCc2ccc(F)cc2)nc(N2CCC(C)CC2)n1. The highest BCUT2D eigenvalue weighted by Gasteiger charge is 2.20. The molecule has 1 aromatic heterocycles. The first-order chi connectivity index (χ1) is 12.5. The molecule has 0 atom stereocenters. The van der Waals surface area contributed by atoms with Crippen LogP contribution in [0.2, 0.25) is 0 Å². The molecule has 2 aromatic rings. The van der Waals surface area contributed by atoms with Crippen LogP contribution in [0.4, 0.5) is 10.3 Å². The van der Waals surface area contributed by atoms with E-state index in [0.717, 1.165) is 43.1 Å². The van der Waals surface area contributed by atoms with Crippen molar-refractivity contribution < 1.29 is 9.18 Å². The number of hydrogen-bond donors (Lipinski definition) is 1. The highest BCUT2D eigenvalue weighted by Crippen LogP contribution is 2.20. The number of benzene rings is 1. The van der Waals surface area contributed by atoms with Crippen molar-refractivity contribution in [3.05, 3.63) is 53.1 Å². The highest BCUT2D eigenvalue weighted by atomic mass is 19.1. The molecule has 1 amide bonds. The lowest BCUT2D eigenvalue weighted by atomic mass is 10.00. The van der Waals surface area contributed by atoms with Gasteiger partial charge in [-0.2, -0.15) is 0 Å². The molecule has 1 saturated heterocycles. The van der Waals surface area contributed by atoms with Crippen molar-refractivity contribution >= 4 is 11.9 Å². The van der Waals surface area contributed by atoms with Gasteiger partial charge in [-0.05, 0) is 55.9 Å². The Morgan fingerprint density at radius 2 is 1.92 bits per heavy atom. The second-order valence-corrected chi connectivity index (χ2v) is 7.00. The lowest BCUT2D eigenvalue weighted by Crippen LogP contribution is -2.35. The summed E-state index contributed by atoms with van der Waals surface area (Å²) in [6.45, 7) is 6.47. The van der Waals surface area contributed by atoms with Crippen LogP contribution in [0.25, 0.3) is 0 Å². The Morgan fingerprint density at radius 3 is 2.62 bits per heavy atom. The molecule has 1 aliphatic rings. The summed E-state index contributed by atoms with van der Waals surface area (Å²) in [7, 11) is 0. The van der Waals surface area contributed by atoms with Gasteiger partial charge in [-0.1, -0.05) is 19.1 Å². The molecule has 1 fully saturated rings. The number of anilines is 1. The molecule has 0 aliphatic carbocycles. The highest BCUT2D eigenvalue weighted by molar-refractivity contribution is 5.92. The van der Waals surface area contributed by atoms with E-state index < -0.39 is 0 Å². The second kappa shape index (κ2) is 8.25. The summed E-state index contributed by atoms with van der Waals surface area (Å²) in [4.78, 5) is 23.6. The summed E-state index contributed by atoms with van der Waals surface area (Å²) in [5, 5.41) is 2.88. The molecular formula is C20H25FN4O. The Bertz CT molecular complexity index is 755. The summed E-state index contributed by atoms with van der Waals surface area (Å²) in [5.74, 6) is 0.906. The lowest BCUT2D eigenvalue weighted by Gasteiger charge is -2.30. The largest absolute Gasteiger partial charge is 0.350 e. The fraction of sp³-hybridized carbons (Fsp3) is 0.450. The molecule has 0 unspecified atom stereocenters. The third-order valence-corrected chi connectivity index (χ3v) is 4.75. The molecule has 3 rings (SSSR count). The van der Waals surface area contributed by atoms with Gasteiger partial charge in [0.25, 0.3) is 5.91 Å². The molecule has 0 bridgehead atoms. The third kappa shape index (κ3) is 4.77. The number of hydrogen-bond acceptors (Lipinski definition) is 4. The van der Waals surface area contributed by atoms with Crippen LogP contribution in [0.3, 0.4) is 0 Å². The molecule has 26 heavy (non-hydrogen) atoms. The van der Waals surface area contributed by atoms with Gasteiger partial charge in [0.2, 0.25) is 5.95 Å². The third-order valence-electron chi connectivity index (χ3n) is 4.75. The van der Waals surface area contributed by atoms with E-state index >= 15 is 0 Å². The van der Waals surface area contributed by atoms with Crippen molar-refractivity contribution in [3.63, 3.8) is 0 Å². The van der Waals surface area contributed by atoms with E-state index in [1.807, 2.05) is 6.92 Å². The lowest BCUT2D eigenvalue weighted by molar-refractivity contribution is 0.0949. The maximum atomic E-state index is 12.9. The van der Waals surface area contributed by atoms with Gasteiger partial charge >= 0.3 is 0 Å². The molecule has 1 aromatic carbocycles. The fourth-order valence-electron chi connectivity index (χ4n) is 3.08. The number of nitrogens with one attached hydrogen (secondary N) is 1. The monoisotopic (exact) mass is 356 g/mol. The summed E-state index contributed by atoms with van der Waals surface area (Å²) in [6.07, 6.45) is 2.89. The molecule has 0 spiro atoms. The van der Waals surface area contributed by atoms with Crippen LogP contribution in [0, 0.1) is 18.7 Å². The van der Waals surface area contributed by atoms with Crippen molar-refractivity contribution in [1.29, 1.82) is 0 Å². The Balaban J connectivity index is 1.60. The normalized spacial score (nSPS) is 15.1. The summed E-state index contributed by atoms with van der Waals surface area (Å²) in [6, 6.07) is 8.02. The van der Waals surface area contributed by atoms with Gasteiger partial charge in [-0.15, -0.1) is 0 Å². The zero-order valence-corrected chi connectivity index (χ0v) is 15.3. The molecule has 1 N–H and O–H groups in total. The van der Waals surface area contributed by atoms with E-state index in [1.165, 1.54) is 12.1 Å². The van der Waals surface area contributed by atoms with Gasteiger partial charge in [0.05, 0.1) is 0 Å². The first-order valence-corrected chi connectivity index (χ1v) is 9.14. The van der Waals surface area contributed by atoms with Crippen molar-refractivity contribution in [1.82, 2.24) is 15.3 Å². The van der Waals surface area contributed by atoms with Crippen LogP contribution >= 0.6 is 0 Å². The Hall–Kier alpha value is -2.50. The standard InChI is InChI=1S/C20H25FN4O/c1-14-8-11-25(12-9-14)20-23-15(2)13-18(24-20)19(26)22-10-7-16-3-5-17(21)6-4-16/h3-6,13-14H,7-12H2,1-2H3,(H,22,26). The van der Waals surface area contributed by atoms with Crippen molar-refractivity contribution in [2.45, 2.75) is 33.1 Å². The van der Waals surface area contributed by atoms with Gasteiger partial charge in [-0.3, -0.25) is 4.79 Å². The number of carbonyl (C=O) groups excluding carboxylic acids is 1. The van der Waals surface area contributed by atoms with Crippen LogP contribution in [-0.4, -0.2) is 35.5 Å². The van der Waals surface area contributed by atoms with Gasteiger partial charge in [0.15, 0.2) is 0 Å². The minimum atomic E-state index is -0.256. The van der Waals surface area contributed by atoms with Crippen molar-refractivity contribution in [2.24, 2.45) is 5.92 Å². The van der Waals surface area contributed by atoms with Crippen LogP contribution in [0.5, 0.6) is 0 Å². The average Bonchev–Trinajstić information content (AvgIpc) is 2.63. The maximum absolute atomic E-state index is 12.9. The summed E-state index contributed by atoms with van der Waals surface area (Å²) < 4.78 is 12.9. The van der Waals surface area contributed by atoms with Crippen molar-refractivity contribution in [2.75, 3.05) is 24.5 Å². The maximum Gasteiger partial charge on any atom is 0.270 e. The molecule has 6 heteroatoms. The smallest absolute Gasteiger partial charge is 0.270 e. The molecule has 5 nitrogen and oxygen atoms in total. The van der Waals surface area contributed by atoms with Crippen LogP contribution in [0.15, 0.2) is 30.3 Å². The van der Waals surface area contributed by atoms with Gasteiger partial charge in [0.1, 0.15) is 11.5 Å². The summed E-state index contributed by atoms with van der Waals surface area (Å²) in [5.41, 5.74) is 2.16. The Morgan fingerprint density at radius 1 is 1.23 bits per heavy atom. The zero-order valence-electron chi connectivity index (χ0n) is 15.3. The summed E-state index contributed by atoms with van der Waals surface area (Å²) >= 11 is 0. The first kappa shape index (κ1) is 18.3. The number of aryl methyl sites for hydroxylation is 1. The first-order valence-electron chi connectivity index (χ1n) is 9.14. The minimum Gasteiger partial charge on any atom is -0.350 e. The van der Waals surface area contributed by atoms with E-state index in [0.29, 0.717) is 24.6 Å². The zero-order chi connectivity index (χ0) is 18.5. The van der Waals surface area contributed by atoms with E-state index in [4.69, 9.17) is 0 Å². The molecule has 138 valence electrons. The van der Waals surface area contributed by atoms with Crippen LogP contribution in [-0.2, 0) is 6.42 Å². The van der Waals surface area contributed by atoms with Crippen LogP contribution in [0.1, 0.15) is 41.5 Å².